The highest BCUT2D eigenvalue weighted by atomic mass is 32.2. The Hall–Kier alpha value is -0.960. The van der Waals surface area contributed by atoms with Crippen molar-refractivity contribution in [2.24, 2.45) is 0 Å². The molecule has 19 heavy (non-hydrogen) atoms. The Morgan fingerprint density at radius 1 is 1.42 bits per heavy atom. The summed E-state index contributed by atoms with van der Waals surface area (Å²) in [6, 6.07) is 1.18. The van der Waals surface area contributed by atoms with Crippen LogP contribution in [0.5, 0.6) is 0 Å². The number of hydrogen-bond acceptors (Lipinski definition) is 5. The van der Waals surface area contributed by atoms with Gasteiger partial charge in [-0.15, -0.1) is 11.3 Å². The Labute approximate surface area is 117 Å². The van der Waals surface area contributed by atoms with Crippen molar-refractivity contribution in [1.29, 1.82) is 0 Å². The van der Waals surface area contributed by atoms with Gasteiger partial charge in [0, 0.05) is 11.9 Å². The summed E-state index contributed by atoms with van der Waals surface area (Å²) in [6.07, 6.45) is 1.65. The average molecular weight is 306 g/mol. The molecule has 0 unspecified atom stereocenters. The van der Waals surface area contributed by atoms with Crippen molar-refractivity contribution in [2.45, 2.75) is 17.1 Å². The van der Waals surface area contributed by atoms with Crippen LogP contribution in [0.2, 0.25) is 0 Å². The SMILES string of the molecule is CN(C)CCCCNS(=O)(=O)c1cc(C(=O)O)cs1. The average Bonchev–Trinajstić information content (AvgIpc) is 2.77. The van der Waals surface area contributed by atoms with E-state index in [-0.39, 0.29) is 9.77 Å². The number of unbranched alkanes of at least 4 members (excludes halogenated alkanes) is 1. The van der Waals surface area contributed by atoms with Crippen molar-refractivity contribution in [3.05, 3.63) is 17.0 Å². The maximum Gasteiger partial charge on any atom is 0.336 e. The van der Waals surface area contributed by atoms with Gasteiger partial charge < -0.3 is 10.0 Å². The van der Waals surface area contributed by atoms with Crippen LogP contribution in [-0.2, 0) is 10.0 Å². The summed E-state index contributed by atoms with van der Waals surface area (Å²) in [4.78, 5) is 12.7. The highest BCUT2D eigenvalue weighted by Crippen LogP contribution is 2.19. The van der Waals surface area contributed by atoms with E-state index in [1.807, 2.05) is 19.0 Å². The van der Waals surface area contributed by atoms with Crippen molar-refractivity contribution in [1.82, 2.24) is 9.62 Å². The van der Waals surface area contributed by atoms with Crippen LogP contribution in [0.1, 0.15) is 23.2 Å². The minimum atomic E-state index is -3.58. The second-order valence-electron chi connectivity index (χ2n) is 4.37. The Morgan fingerprint density at radius 2 is 2.11 bits per heavy atom. The molecule has 1 heterocycles. The van der Waals surface area contributed by atoms with E-state index in [9.17, 15) is 13.2 Å². The van der Waals surface area contributed by atoms with Crippen molar-refractivity contribution >= 4 is 27.3 Å². The third-order valence-corrected chi connectivity index (χ3v) is 5.31. The molecule has 0 aliphatic heterocycles. The molecule has 0 amide bonds. The zero-order valence-corrected chi connectivity index (χ0v) is 12.6. The first-order chi connectivity index (χ1) is 8.83. The third-order valence-electron chi connectivity index (χ3n) is 2.41. The lowest BCUT2D eigenvalue weighted by atomic mass is 10.3. The molecule has 1 aromatic rings. The molecule has 0 atom stereocenters. The molecule has 108 valence electrons. The molecule has 0 aromatic carbocycles. The number of carboxylic acids is 1. The van der Waals surface area contributed by atoms with E-state index in [0.29, 0.717) is 6.54 Å². The first kappa shape index (κ1) is 16.1. The zero-order chi connectivity index (χ0) is 14.5. The van der Waals surface area contributed by atoms with Gasteiger partial charge >= 0.3 is 5.97 Å². The quantitative estimate of drug-likeness (QED) is 0.702. The van der Waals surface area contributed by atoms with Crippen LogP contribution in [0.25, 0.3) is 0 Å². The molecule has 0 bridgehead atoms. The van der Waals surface area contributed by atoms with Crippen LogP contribution in [-0.4, -0.2) is 51.6 Å². The number of hydrogen-bond donors (Lipinski definition) is 2. The molecule has 1 rings (SSSR count). The predicted octanol–water partition coefficient (Wildman–Crippen LogP) is 1.07. The molecule has 0 radical (unpaired) electrons. The number of sulfonamides is 1. The number of nitrogens with one attached hydrogen (secondary N) is 1. The Bertz CT molecular complexity index is 523. The summed E-state index contributed by atoms with van der Waals surface area (Å²) in [6.45, 7) is 1.26. The van der Waals surface area contributed by atoms with Gasteiger partial charge in [-0.2, -0.15) is 0 Å². The minimum absolute atomic E-state index is 0.00187. The van der Waals surface area contributed by atoms with E-state index in [2.05, 4.69) is 4.72 Å². The standard InChI is InChI=1S/C11H18N2O4S2/c1-13(2)6-4-3-5-12-19(16,17)10-7-9(8-18-10)11(14)15/h7-8,12H,3-6H2,1-2H3,(H,14,15). The van der Waals surface area contributed by atoms with E-state index in [0.717, 1.165) is 30.7 Å². The monoisotopic (exact) mass is 306 g/mol. The van der Waals surface area contributed by atoms with Gasteiger partial charge in [-0.25, -0.2) is 17.9 Å². The van der Waals surface area contributed by atoms with Gasteiger partial charge in [-0.05, 0) is 39.5 Å². The predicted molar refractivity (Wildman–Crippen MR) is 74.3 cm³/mol. The van der Waals surface area contributed by atoms with Crippen LogP contribution >= 0.6 is 11.3 Å². The molecule has 0 saturated heterocycles. The maximum atomic E-state index is 11.9. The number of rotatable bonds is 8. The lowest BCUT2D eigenvalue weighted by Gasteiger charge is -2.09. The summed E-state index contributed by atoms with van der Waals surface area (Å²) in [7, 11) is 0.341. The number of nitrogens with zero attached hydrogens (tertiary/aromatic N) is 1. The molecule has 0 fully saturated rings. The molecule has 6 nitrogen and oxygen atoms in total. The normalized spacial score (nSPS) is 11.9. The topological polar surface area (TPSA) is 86.7 Å². The number of thiophene rings is 1. The van der Waals surface area contributed by atoms with E-state index in [4.69, 9.17) is 5.11 Å². The van der Waals surface area contributed by atoms with E-state index in [1.54, 1.807) is 0 Å². The fourth-order valence-electron chi connectivity index (χ4n) is 1.40. The van der Waals surface area contributed by atoms with Crippen LogP contribution in [0.3, 0.4) is 0 Å². The van der Waals surface area contributed by atoms with Gasteiger partial charge in [-0.1, -0.05) is 0 Å². The number of carbonyl (C=O) groups is 1. The minimum Gasteiger partial charge on any atom is -0.478 e. The molecule has 0 aliphatic carbocycles. The fraction of sp³-hybridized carbons (Fsp3) is 0.545. The van der Waals surface area contributed by atoms with Gasteiger partial charge in [0.25, 0.3) is 0 Å². The smallest absolute Gasteiger partial charge is 0.336 e. The van der Waals surface area contributed by atoms with Gasteiger partial charge in [-0.3, -0.25) is 0 Å². The zero-order valence-electron chi connectivity index (χ0n) is 10.9. The second kappa shape index (κ2) is 6.99. The Morgan fingerprint density at radius 3 is 2.63 bits per heavy atom. The maximum absolute atomic E-state index is 11.9. The molecule has 1 aromatic heterocycles. The lowest BCUT2D eigenvalue weighted by Crippen LogP contribution is -2.25. The van der Waals surface area contributed by atoms with Gasteiger partial charge in [0.2, 0.25) is 10.0 Å². The fourth-order valence-corrected chi connectivity index (χ4v) is 3.67. The van der Waals surface area contributed by atoms with Crippen LogP contribution < -0.4 is 4.72 Å². The number of aromatic carboxylic acids is 1. The molecule has 0 saturated carbocycles. The van der Waals surface area contributed by atoms with Gasteiger partial charge in [0.1, 0.15) is 4.21 Å². The summed E-state index contributed by atoms with van der Waals surface area (Å²) in [5.74, 6) is -1.12. The summed E-state index contributed by atoms with van der Waals surface area (Å²) >= 11 is 0.914. The van der Waals surface area contributed by atoms with Crippen LogP contribution in [0.15, 0.2) is 15.7 Å². The molecule has 2 N–H and O–H groups in total. The van der Waals surface area contributed by atoms with E-state index in [1.165, 1.54) is 11.4 Å². The lowest BCUT2D eigenvalue weighted by molar-refractivity contribution is 0.0697. The number of carboxylic acid groups (broad SMARTS) is 1. The first-order valence-electron chi connectivity index (χ1n) is 5.79. The van der Waals surface area contributed by atoms with Crippen LogP contribution in [0, 0.1) is 0 Å². The summed E-state index contributed by atoms with van der Waals surface area (Å²) in [5.41, 5.74) is -0.00187. The summed E-state index contributed by atoms with van der Waals surface area (Å²) < 4.78 is 26.2. The molecule has 0 spiro atoms. The van der Waals surface area contributed by atoms with Crippen molar-refractivity contribution in [3.63, 3.8) is 0 Å². The molecule has 0 aliphatic rings. The highest BCUT2D eigenvalue weighted by molar-refractivity contribution is 7.91. The van der Waals surface area contributed by atoms with Crippen molar-refractivity contribution in [3.8, 4) is 0 Å². The van der Waals surface area contributed by atoms with Gasteiger partial charge in [0.15, 0.2) is 0 Å². The third kappa shape index (κ3) is 5.27. The molecule has 8 heteroatoms. The van der Waals surface area contributed by atoms with Crippen LogP contribution in [0.4, 0.5) is 0 Å². The highest BCUT2D eigenvalue weighted by Gasteiger charge is 2.18. The first-order valence-corrected chi connectivity index (χ1v) is 8.15. The Kier molecular flexibility index (Phi) is 5.92. The van der Waals surface area contributed by atoms with Gasteiger partial charge in [0.05, 0.1) is 5.56 Å². The summed E-state index contributed by atoms with van der Waals surface area (Å²) in [5, 5.41) is 10.1. The largest absolute Gasteiger partial charge is 0.478 e. The van der Waals surface area contributed by atoms with E-state index >= 15 is 0 Å². The van der Waals surface area contributed by atoms with Crippen molar-refractivity contribution in [2.75, 3.05) is 27.2 Å². The van der Waals surface area contributed by atoms with E-state index < -0.39 is 16.0 Å². The molecular formula is C11H18N2O4S2. The molecular weight excluding hydrogens is 288 g/mol. The van der Waals surface area contributed by atoms with Crippen molar-refractivity contribution < 1.29 is 18.3 Å². The Balaban J connectivity index is 2.49. The second-order valence-corrected chi connectivity index (χ2v) is 7.27.